The van der Waals surface area contributed by atoms with Gasteiger partial charge < -0.3 is 5.11 Å². The van der Waals surface area contributed by atoms with Crippen molar-refractivity contribution in [1.82, 2.24) is 4.90 Å². The molecule has 0 aliphatic heterocycles. The van der Waals surface area contributed by atoms with Crippen molar-refractivity contribution in [2.75, 3.05) is 13.2 Å². The fourth-order valence-corrected chi connectivity index (χ4v) is 3.04. The molecule has 1 aromatic rings. The SMILES string of the molecule is OCCN(Cc1cccc(F)c1Cl)C1CCCCC1. The van der Waals surface area contributed by atoms with Crippen LogP contribution in [0.4, 0.5) is 4.39 Å². The second-order valence-electron chi connectivity index (χ2n) is 5.20. The van der Waals surface area contributed by atoms with Gasteiger partial charge >= 0.3 is 0 Å². The van der Waals surface area contributed by atoms with Crippen LogP contribution in [0.15, 0.2) is 18.2 Å². The maximum atomic E-state index is 13.5. The average molecular weight is 286 g/mol. The van der Waals surface area contributed by atoms with Crippen LogP contribution in [0.3, 0.4) is 0 Å². The quantitative estimate of drug-likeness (QED) is 0.893. The molecular formula is C15H21ClFNO. The summed E-state index contributed by atoms with van der Waals surface area (Å²) in [7, 11) is 0. The van der Waals surface area contributed by atoms with Crippen LogP contribution < -0.4 is 0 Å². The van der Waals surface area contributed by atoms with Crippen LogP contribution in [-0.2, 0) is 6.54 Å². The summed E-state index contributed by atoms with van der Waals surface area (Å²) < 4.78 is 13.5. The number of benzene rings is 1. The molecule has 1 saturated carbocycles. The standard InChI is InChI=1S/C15H21ClFNO/c16-15-12(5-4-8-14(15)17)11-18(9-10-19)13-6-2-1-3-7-13/h4-5,8,13,19H,1-3,6-7,9-11H2. The van der Waals surface area contributed by atoms with Gasteiger partial charge in [0, 0.05) is 19.1 Å². The Morgan fingerprint density at radius 2 is 2.00 bits per heavy atom. The molecule has 1 aliphatic rings. The summed E-state index contributed by atoms with van der Waals surface area (Å²) in [5.74, 6) is -0.369. The molecule has 0 heterocycles. The predicted molar refractivity (Wildman–Crippen MR) is 75.8 cm³/mol. The second kappa shape index (κ2) is 7.22. The highest BCUT2D eigenvalue weighted by Crippen LogP contribution is 2.26. The van der Waals surface area contributed by atoms with Crippen LogP contribution in [0.1, 0.15) is 37.7 Å². The van der Waals surface area contributed by atoms with E-state index >= 15 is 0 Å². The van der Waals surface area contributed by atoms with E-state index in [0.717, 1.165) is 18.4 Å². The minimum atomic E-state index is -0.369. The van der Waals surface area contributed by atoms with E-state index in [2.05, 4.69) is 4.90 Å². The summed E-state index contributed by atoms with van der Waals surface area (Å²) in [6.07, 6.45) is 6.09. The lowest BCUT2D eigenvalue weighted by Gasteiger charge is -2.34. The Bertz CT molecular complexity index is 407. The number of aliphatic hydroxyl groups excluding tert-OH is 1. The highest BCUT2D eigenvalue weighted by molar-refractivity contribution is 6.31. The van der Waals surface area contributed by atoms with Gasteiger partial charge in [0.15, 0.2) is 0 Å². The molecule has 2 rings (SSSR count). The third kappa shape index (κ3) is 3.91. The van der Waals surface area contributed by atoms with Gasteiger partial charge in [-0.3, -0.25) is 4.90 Å². The number of hydrogen-bond donors (Lipinski definition) is 1. The maximum Gasteiger partial charge on any atom is 0.142 e. The van der Waals surface area contributed by atoms with Crippen LogP contribution in [0.2, 0.25) is 5.02 Å². The van der Waals surface area contributed by atoms with E-state index in [9.17, 15) is 9.50 Å². The maximum absolute atomic E-state index is 13.5. The van der Waals surface area contributed by atoms with Crippen molar-refractivity contribution in [3.8, 4) is 0 Å². The van der Waals surface area contributed by atoms with Gasteiger partial charge in [-0.2, -0.15) is 0 Å². The Balaban J connectivity index is 2.08. The molecule has 1 aliphatic carbocycles. The summed E-state index contributed by atoms with van der Waals surface area (Å²) >= 11 is 6.01. The average Bonchev–Trinajstić information content (AvgIpc) is 2.44. The Labute approximate surface area is 119 Å². The first-order chi connectivity index (χ1) is 9.22. The molecule has 0 spiro atoms. The zero-order valence-electron chi connectivity index (χ0n) is 11.1. The molecule has 0 bridgehead atoms. The highest BCUT2D eigenvalue weighted by Gasteiger charge is 2.21. The zero-order valence-corrected chi connectivity index (χ0v) is 11.9. The number of hydrogen-bond acceptors (Lipinski definition) is 2. The monoisotopic (exact) mass is 285 g/mol. The minimum Gasteiger partial charge on any atom is -0.395 e. The van der Waals surface area contributed by atoms with Crippen molar-refractivity contribution in [1.29, 1.82) is 0 Å². The van der Waals surface area contributed by atoms with Crippen LogP contribution in [0.5, 0.6) is 0 Å². The smallest absolute Gasteiger partial charge is 0.142 e. The van der Waals surface area contributed by atoms with E-state index in [1.165, 1.54) is 25.3 Å². The molecule has 0 atom stereocenters. The van der Waals surface area contributed by atoms with Crippen molar-refractivity contribution in [3.05, 3.63) is 34.6 Å². The molecular weight excluding hydrogens is 265 g/mol. The van der Waals surface area contributed by atoms with Gasteiger partial charge in [0.2, 0.25) is 0 Å². The fraction of sp³-hybridized carbons (Fsp3) is 0.600. The van der Waals surface area contributed by atoms with Crippen molar-refractivity contribution < 1.29 is 9.50 Å². The molecule has 0 amide bonds. The first-order valence-corrected chi connectivity index (χ1v) is 7.38. The molecule has 4 heteroatoms. The summed E-state index contributed by atoms with van der Waals surface area (Å²) in [4.78, 5) is 2.24. The first kappa shape index (κ1) is 14.8. The number of nitrogens with zero attached hydrogens (tertiary/aromatic N) is 1. The molecule has 0 saturated heterocycles. The fourth-order valence-electron chi connectivity index (χ4n) is 2.85. The van der Waals surface area contributed by atoms with Gasteiger partial charge in [0.1, 0.15) is 5.82 Å². The number of rotatable bonds is 5. The van der Waals surface area contributed by atoms with E-state index in [1.807, 2.05) is 6.07 Å². The molecule has 19 heavy (non-hydrogen) atoms. The summed E-state index contributed by atoms with van der Waals surface area (Å²) in [6, 6.07) is 5.41. The van der Waals surface area contributed by atoms with Gasteiger partial charge in [-0.1, -0.05) is 43.0 Å². The molecule has 2 nitrogen and oxygen atoms in total. The summed E-state index contributed by atoms with van der Waals surface area (Å²) in [5, 5.41) is 9.43. The van der Waals surface area contributed by atoms with Gasteiger partial charge in [0.05, 0.1) is 11.6 Å². The molecule has 1 aromatic carbocycles. The molecule has 106 valence electrons. The third-order valence-electron chi connectivity index (χ3n) is 3.88. The van der Waals surface area contributed by atoms with Crippen molar-refractivity contribution in [2.24, 2.45) is 0 Å². The minimum absolute atomic E-state index is 0.128. The Hall–Kier alpha value is -0.640. The van der Waals surface area contributed by atoms with Crippen molar-refractivity contribution in [3.63, 3.8) is 0 Å². The van der Waals surface area contributed by atoms with Crippen LogP contribution in [0, 0.1) is 5.82 Å². The zero-order chi connectivity index (χ0) is 13.7. The molecule has 1 fully saturated rings. The second-order valence-corrected chi connectivity index (χ2v) is 5.58. The van der Waals surface area contributed by atoms with Gasteiger partial charge in [-0.15, -0.1) is 0 Å². The predicted octanol–water partition coefficient (Wildman–Crippen LogP) is 3.61. The van der Waals surface area contributed by atoms with E-state index in [0.29, 0.717) is 19.1 Å². The molecule has 0 radical (unpaired) electrons. The largest absolute Gasteiger partial charge is 0.395 e. The lowest BCUT2D eigenvalue weighted by Crippen LogP contribution is -2.38. The van der Waals surface area contributed by atoms with Gasteiger partial charge in [0.25, 0.3) is 0 Å². The van der Waals surface area contributed by atoms with E-state index < -0.39 is 0 Å². The lowest BCUT2D eigenvalue weighted by atomic mass is 9.94. The van der Waals surface area contributed by atoms with Crippen molar-refractivity contribution in [2.45, 2.75) is 44.7 Å². The topological polar surface area (TPSA) is 23.5 Å². The van der Waals surface area contributed by atoms with Crippen LogP contribution in [-0.4, -0.2) is 29.2 Å². The highest BCUT2D eigenvalue weighted by atomic mass is 35.5. The molecule has 1 N–H and O–H groups in total. The van der Waals surface area contributed by atoms with Crippen molar-refractivity contribution >= 4 is 11.6 Å². The van der Waals surface area contributed by atoms with Gasteiger partial charge in [-0.25, -0.2) is 4.39 Å². The Morgan fingerprint density at radius 3 is 2.68 bits per heavy atom. The van der Waals surface area contributed by atoms with E-state index in [-0.39, 0.29) is 17.4 Å². The van der Waals surface area contributed by atoms with Crippen LogP contribution in [0.25, 0.3) is 0 Å². The van der Waals surface area contributed by atoms with E-state index in [4.69, 9.17) is 11.6 Å². The third-order valence-corrected chi connectivity index (χ3v) is 4.31. The first-order valence-electron chi connectivity index (χ1n) is 7.00. The van der Waals surface area contributed by atoms with Crippen LogP contribution >= 0.6 is 11.6 Å². The summed E-state index contributed by atoms with van der Waals surface area (Å²) in [6.45, 7) is 1.36. The van der Waals surface area contributed by atoms with E-state index in [1.54, 1.807) is 6.07 Å². The Kier molecular flexibility index (Phi) is 5.61. The Morgan fingerprint density at radius 1 is 1.26 bits per heavy atom. The molecule has 0 aromatic heterocycles. The normalized spacial score (nSPS) is 17.1. The lowest BCUT2D eigenvalue weighted by molar-refractivity contribution is 0.117. The summed E-state index contributed by atoms with van der Waals surface area (Å²) in [5.41, 5.74) is 0.806. The molecule has 0 unspecified atom stereocenters. The number of aliphatic hydroxyl groups is 1. The number of halogens is 2. The van der Waals surface area contributed by atoms with Gasteiger partial charge in [-0.05, 0) is 24.5 Å².